The van der Waals surface area contributed by atoms with Gasteiger partial charge >= 0.3 is 12.4 Å². The number of benzene rings is 2. The zero-order valence-corrected chi connectivity index (χ0v) is 21.9. The largest absolute Gasteiger partial charge is 1.00 e. The molecule has 0 saturated carbocycles. The van der Waals surface area contributed by atoms with Crippen LogP contribution in [0.15, 0.2) is 67.4 Å². The maximum absolute atomic E-state index is 13.6. The third-order valence-electron chi connectivity index (χ3n) is 8.19. The van der Waals surface area contributed by atoms with E-state index in [9.17, 15) is 31.4 Å². The molecule has 1 aromatic heterocycles. The standard InChI is InChI=1S/C28H27F6N2O.BrH/c1-2-18-16-36(15-17-11-20(27(29,30)31)14-21(12-17)28(32,33)34)10-8-19(18)13-25(36)26(37)23-7-9-35-24-6-4-3-5-22(23)24;/h2-7,9,11-12,14,18-19,25-26,37H,1,8,10,13,15-16H2;1H/q+1;/p-1/t18?,19?,25-,26+,36?;/m0./s1. The highest BCUT2D eigenvalue weighted by Crippen LogP contribution is 2.48. The number of hydrogen-bond donors (Lipinski definition) is 1. The summed E-state index contributed by atoms with van der Waals surface area (Å²) >= 11 is 0. The zero-order valence-electron chi connectivity index (χ0n) is 20.3. The van der Waals surface area contributed by atoms with Gasteiger partial charge in [0.05, 0.1) is 29.7 Å². The Balaban J connectivity index is 0.00000336. The molecule has 3 aliphatic heterocycles. The normalized spacial score (nSPS) is 26.1. The number of aliphatic hydroxyl groups is 1. The summed E-state index contributed by atoms with van der Waals surface area (Å²) in [7, 11) is 0. The number of para-hydroxylation sites is 1. The predicted molar refractivity (Wildman–Crippen MR) is 127 cm³/mol. The number of aromatic nitrogens is 1. The number of pyridine rings is 1. The molecule has 0 spiro atoms. The maximum atomic E-state index is 13.6. The fourth-order valence-electron chi connectivity index (χ4n) is 6.44. The van der Waals surface area contributed by atoms with E-state index in [0.717, 1.165) is 23.9 Å². The Morgan fingerprint density at radius 2 is 1.68 bits per heavy atom. The smallest absolute Gasteiger partial charge is 0.416 e. The van der Waals surface area contributed by atoms with Crippen molar-refractivity contribution in [1.29, 1.82) is 0 Å². The van der Waals surface area contributed by atoms with Crippen LogP contribution in [0.25, 0.3) is 10.9 Å². The molecule has 2 bridgehead atoms. The summed E-state index contributed by atoms with van der Waals surface area (Å²) in [4.78, 5) is 4.35. The molecular formula is C28H27BrF6N2O. The lowest BCUT2D eigenvalue weighted by atomic mass is 9.71. The Bertz CT molecular complexity index is 1290. The molecule has 0 amide bonds. The van der Waals surface area contributed by atoms with Crippen LogP contribution < -0.4 is 17.0 Å². The second-order valence-corrected chi connectivity index (χ2v) is 10.3. The number of alkyl halides is 6. The number of piperidine rings is 3. The van der Waals surface area contributed by atoms with Gasteiger partial charge < -0.3 is 26.6 Å². The minimum atomic E-state index is -4.91. The molecular weight excluding hydrogens is 574 g/mol. The number of quaternary nitrogens is 1. The van der Waals surface area contributed by atoms with Crippen molar-refractivity contribution in [3.63, 3.8) is 0 Å². The molecule has 2 aromatic carbocycles. The molecule has 3 unspecified atom stereocenters. The van der Waals surface area contributed by atoms with Gasteiger partial charge in [0.25, 0.3) is 0 Å². The lowest BCUT2D eigenvalue weighted by Crippen LogP contribution is -3.00. The number of nitrogens with zero attached hydrogens (tertiary/aromatic N) is 2. The summed E-state index contributed by atoms with van der Waals surface area (Å²) in [5, 5.41) is 12.5. The lowest BCUT2D eigenvalue weighted by molar-refractivity contribution is -0.984. The molecule has 3 nitrogen and oxygen atoms in total. The predicted octanol–water partition coefficient (Wildman–Crippen LogP) is 3.92. The first-order chi connectivity index (χ1) is 17.4. The van der Waals surface area contributed by atoms with E-state index in [2.05, 4.69) is 11.6 Å². The van der Waals surface area contributed by atoms with Crippen LogP contribution in [0.2, 0.25) is 0 Å². The summed E-state index contributed by atoms with van der Waals surface area (Å²) in [6, 6.07) is 10.5. The molecule has 4 heterocycles. The van der Waals surface area contributed by atoms with E-state index in [1.54, 1.807) is 12.3 Å². The Morgan fingerprint density at radius 3 is 2.32 bits per heavy atom. The van der Waals surface area contributed by atoms with Crippen molar-refractivity contribution in [3.05, 3.63) is 89.6 Å². The molecule has 1 N–H and O–H groups in total. The third-order valence-corrected chi connectivity index (χ3v) is 8.19. The number of halogens is 7. The average molecular weight is 601 g/mol. The second kappa shape index (κ2) is 10.3. The van der Waals surface area contributed by atoms with Gasteiger partial charge in [0.15, 0.2) is 0 Å². The Hall–Kier alpha value is -2.43. The monoisotopic (exact) mass is 600 g/mol. The SMILES string of the molecule is C=CC1C[N+]2(Cc3cc(C(F)(F)F)cc(C(F)(F)F)c3)CCC1C[C@H]2[C@H](O)c1ccnc2ccccc12.[Br-]. The molecule has 5 atom stereocenters. The van der Waals surface area contributed by atoms with Crippen LogP contribution in [0.3, 0.4) is 0 Å². The Kier molecular flexibility index (Phi) is 7.73. The number of fused-ring (bicyclic) bond motifs is 4. The van der Waals surface area contributed by atoms with Crippen LogP contribution in [-0.4, -0.2) is 33.7 Å². The molecule has 3 aliphatic rings. The molecule has 0 aliphatic carbocycles. The maximum Gasteiger partial charge on any atom is 0.416 e. The quantitative estimate of drug-likeness (QED) is 0.274. The van der Waals surface area contributed by atoms with E-state index in [1.807, 2.05) is 30.3 Å². The van der Waals surface area contributed by atoms with E-state index >= 15 is 0 Å². The number of hydrogen-bond acceptors (Lipinski definition) is 2. The molecule has 6 rings (SSSR count). The molecule has 3 fully saturated rings. The van der Waals surface area contributed by atoms with Crippen LogP contribution in [0.4, 0.5) is 26.3 Å². The van der Waals surface area contributed by atoms with Crippen LogP contribution in [0.5, 0.6) is 0 Å². The van der Waals surface area contributed by atoms with Crippen molar-refractivity contribution in [2.24, 2.45) is 11.8 Å². The number of rotatable bonds is 5. The molecule has 10 heteroatoms. The van der Waals surface area contributed by atoms with Crippen molar-refractivity contribution in [2.45, 2.75) is 43.9 Å². The van der Waals surface area contributed by atoms with Gasteiger partial charge in [-0.3, -0.25) is 4.98 Å². The van der Waals surface area contributed by atoms with Gasteiger partial charge in [0.2, 0.25) is 0 Å². The van der Waals surface area contributed by atoms with E-state index in [1.165, 1.54) is 0 Å². The van der Waals surface area contributed by atoms with Crippen molar-refractivity contribution in [3.8, 4) is 0 Å². The van der Waals surface area contributed by atoms with Crippen molar-refractivity contribution >= 4 is 10.9 Å². The molecule has 204 valence electrons. The Labute approximate surface area is 227 Å². The van der Waals surface area contributed by atoms with Gasteiger partial charge in [-0.2, -0.15) is 26.3 Å². The van der Waals surface area contributed by atoms with E-state index in [0.29, 0.717) is 30.6 Å². The van der Waals surface area contributed by atoms with Gasteiger partial charge in [-0.1, -0.05) is 24.3 Å². The summed E-state index contributed by atoms with van der Waals surface area (Å²) in [5.74, 6) is 0.316. The average Bonchev–Trinajstić information content (AvgIpc) is 2.86. The first kappa shape index (κ1) is 28.6. The number of aliphatic hydroxyl groups excluding tert-OH is 1. The minimum Gasteiger partial charge on any atom is -1.00 e. The van der Waals surface area contributed by atoms with E-state index in [-0.39, 0.29) is 51.5 Å². The summed E-state index contributed by atoms with van der Waals surface area (Å²) < 4.78 is 81.6. The fraction of sp³-hybridized carbons (Fsp3) is 0.393. The second-order valence-electron chi connectivity index (χ2n) is 10.3. The molecule has 38 heavy (non-hydrogen) atoms. The van der Waals surface area contributed by atoms with Gasteiger partial charge in [-0.05, 0) is 41.8 Å². The first-order valence-electron chi connectivity index (χ1n) is 12.2. The van der Waals surface area contributed by atoms with Gasteiger partial charge in [-0.15, -0.1) is 6.58 Å². The highest BCUT2D eigenvalue weighted by Gasteiger charge is 2.54. The minimum absolute atomic E-state index is 0. The first-order valence-corrected chi connectivity index (χ1v) is 12.2. The summed E-state index contributed by atoms with van der Waals surface area (Å²) in [6.45, 7) is 4.93. The zero-order chi connectivity index (χ0) is 26.6. The topological polar surface area (TPSA) is 33.1 Å². The van der Waals surface area contributed by atoms with E-state index in [4.69, 9.17) is 0 Å². The van der Waals surface area contributed by atoms with Crippen molar-refractivity contribution in [2.75, 3.05) is 13.1 Å². The van der Waals surface area contributed by atoms with Gasteiger partial charge in [0.1, 0.15) is 18.7 Å². The summed E-state index contributed by atoms with van der Waals surface area (Å²) in [5.41, 5.74) is -1.31. The van der Waals surface area contributed by atoms with Gasteiger partial charge in [-0.25, -0.2) is 0 Å². The molecule has 0 radical (unpaired) electrons. The van der Waals surface area contributed by atoms with Crippen LogP contribution in [0, 0.1) is 11.8 Å². The van der Waals surface area contributed by atoms with Crippen LogP contribution in [0.1, 0.15) is 41.2 Å². The fourth-order valence-corrected chi connectivity index (χ4v) is 6.44. The van der Waals surface area contributed by atoms with E-state index < -0.39 is 35.6 Å². The molecule has 3 saturated heterocycles. The van der Waals surface area contributed by atoms with Crippen molar-refractivity contribution in [1.82, 2.24) is 4.98 Å². The Morgan fingerprint density at radius 1 is 1.03 bits per heavy atom. The molecule has 3 aromatic rings. The van der Waals surface area contributed by atoms with Crippen LogP contribution in [-0.2, 0) is 18.9 Å². The van der Waals surface area contributed by atoms with Crippen molar-refractivity contribution < 1.29 is 52.9 Å². The lowest BCUT2D eigenvalue weighted by Gasteiger charge is -2.58. The summed E-state index contributed by atoms with van der Waals surface area (Å²) in [6.07, 6.45) is -5.99. The third kappa shape index (κ3) is 5.22. The van der Waals surface area contributed by atoms with Gasteiger partial charge in [0, 0.05) is 35.9 Å². The highest BCUT2D eigenvalue weighted by atomic mass is 79.9. The van der Waals surface area contributed by atoms with Crippen LogP contribution >= 0.6 is 0 Å². The highest BCUT2D eigenvalue weighted by molar-refractivity contribution is 5.82.